The van der Waals surface area contributed by atoms with E-state index in [2.05, 4.69) is 98.9 Å². The molecule has 0 fully saturated rings. The lowest BCUT2D eigenvalue weighted by molar-refractivity contribution is 0.572. The number of aryl methyl sites for hydroxylation is 3. The van der Waals surface area contributed by atoms with Crippen molar-refractivity contribution in [1.82, 2.24) is 5.32 Å². The summed E-state index contributed by atoms with van der Waals surface area (Å²) < 4.78 is 0. The van der Waals surface area contributed by atoms with Crippen LogP contribution in [0.3, 0.4) is 0 Å². The average Bonchev–Trinajstić information content (AvgIpc) is 3.07. The Labute approximate surface area is 155 Å². The molecule has 1 aliphatic rings. The van der Waals surface area contributed by atoms with Gasteiger partial charge >= 0.3 is 0 Å². The summed E-state index contributed by atoms with van der Waals surface area (Å²) in [4.78, 5) is 5.10. The number of rotatable bonds is 3. The Kier molecular flexibility index (Phi) is 4.34. The first-order valence-corrected chi connectivity index (χ1v) is 9.15. The molecule has 1 aliphatic heterocycles. The molecule has 0 aliphatic carbocycles. The van der Waals surface area contributed by atoms with Gasteiger partial charge in [0.1, 0.15) is 11.9 Å². The van der Waals surface area contributed by atoms with Crippen LogP contribution in [0.4, 0.5) is 0 Å². The molecule has 3 aromatic carbocycles. The van der Waals surface area contributed by atoms with Gasteiger partial charge < -0.3 is 5.32 Å². The van der Waals surface area contributed by atoms with E-state index in [9.17, 15) is 0 Å². The molecule has 1 N–H and O–H groups in total. The topological polar surface area (TPSA) is 24.4 Å². The van der Waals surface area contributed by atoms with Gasteiger partial charge in [0.2, 0.25) is 0 Å². The number of amidine groups is 1. The summed E-state index contributed by atoms with van der Waals surface area (Å²) in [6, 6.07) is 26.2. The van der Waals surface area contributed by atoms with Crippen LogP contribution in [0.15, 0.2) is 77.8 Å². The minimum atomic E-state index is 0.0761. The number of hydrogen-bond acceptors (Lipinski definition) is 2. The highest BCUT2D eigenvalue weighted by Gasteiger charge is 2.31. The summed E-state index contributed by atoms with van der Waals surface area (Å²) in [5.74, 6) is 0.978. The summed E-state index contributed by atoms with van der Waals surface area (Å²) in [5.41, 5.74) is 7.48. The minimum Gasteiger partial charge on any atom is -0.361 e. The molecular formula is C24H24N2. The number of aliphatic imine (C=N–C) groups is 1. The van der Waals surface area contributed by atoms with Gasteiger partial charge in [0, 0.05) is 5.56 Å². The second kappa shape index (κ2) is 6.80. The van der Waals surface area contributed by atoms with E-state index in [0.717, 1.165) is 11.4 Å². The van der Waals surface area contributed by atoms with Crippen molar-refractivity contribution in [2.75, 3.05) is 0 Å². The van der Waals surface area contributed by atoms with E-state index in [1.54, 1.807) is 0 Å². The number of nitrogens with one attached hydrogen (secondary N) is 1. The van der Waals surface area contributed by atoms with Crippen molar-refractivity contribution in [3.05, 3.63) is 106 Å². The van der Waals surface area contributed by atoms with Crippen LogP contribution in [0.25, 0.3) is 0 Å². The molecule has 0 saturated carbocycles. The van der Waals surface area contributed by atoms with Crippen molar-refractivity contribution in [3.63, 3.8) is 0 Å². The molecule has 0 spiro atoms. The first-order chi connectivity index (χ1) is 12.6. The predicted molar refractivity (Wildman–Crippen MR) is 109 cm³/mol. The fourth-order valence-corrected chi connectivity index (χ4v) is 3.68. The molecule has 2 atom stereocenters. The largest absolute Gasteiger partial charge is 0.361 e. The van der Waals surface area contributed by atoms with E-state index in [4.69, 9.17) is 4.99 Å². The molecule has 0 amide bonds. The quantitative estimate of drug-likeness (QED) is 0.674. The van der Waals surface area contributed by atoms with E-state index in [-0.39, 0.29) is 12.1 Å². The Morgan fingerprint density at radius 2 is 1.27 bits per heavy atom. The second-order valence-corrected chi connectivity index (χ2v) is 7.24. The van der Waals surface area contributed by atoms with Gasteiger partial charge in [-0.3, -0.25) is 4.99 Å². The van der Waals surface area contributed by atoms with E-state index in [0.29, 0.717) is 0 Å². The Balaban J connectivity index is 1.78. The van der Waals surface area contributed by atoms with Gasteiger partial charge in [-0.05, 0) is 38.0 Å². The van der Waals surface area contributed by atoms with Gasteiger partial charge in [-0.25, -0.2) is 0 Å². The molecule has 0 unspecified atom stereocenters. The van der Waals surface area contributed by atoms with Crippen LogP contribution in [-0.2, 0) is 0 Å². The smallest absolute Gasteiger partial charge is 0.129 e. The maximum absolute atomic E-state index is 5.10. The number of nitrogens with zero attached hydrogens (tertiary/aromatic N) is 1. The predicted octanol–water partition coefficient (Wildman–Crippen LogP) is 5.44. The maximum atomic E-state index is 5.10. The van der Waals surface area contributed by atoms with Crippen molar-refractivity contribution >= 4 is 5.84 Å². The van der Waals surface area contributed by atoms with Crippen molar-refractivity contribution in [1.29, 1.82) is 0 Å². The highest BCUT2D eigenvalue weighted by atomic mass is 15.1. The fourth-order valence-electron chi connectivity index (χ4n) is 3.68. The van der Waals surface area contributed by atoms with Crippen LogP contribution in [-0.4, -0.2) is 5.84 Å². The van der Waals surface area contributed by atoms with Crippen LogP contribution in [0.2, 0.25) is 0 Å². The summed E-state index contributed by atoms with van der Waals surface area (Å²) in [5, 5.41) is 3.70. The van der Waals surface area contributed by atoms with Gasteiger partial charge in [0.15, 0.2) is 0 Å². The zero-order chi connectivity index (χ0) is 18.1. The van der Waals surface area contributed by atoms with Crippen LogP contribution < -0.4 is 5.32 Å². The molecule has 130 valence electrons. The molecule has 0 saturated heterocycles. The third-order valence-corrected chi connectivity index (χ3v) is 4.95. The average molecular weight is 340 g/mol. The van der Waals surface area contributed by atoms with E-state index >= 15 is 0 Å². The molecular weight excluding hydrogens is 316 g/mol. The van der Waals surface area contributed by atoms with Gasteiger partial charge in [-0.15, -0.1) is 0 Å². The molecule has 26 heavy (non-hydrogen) atoms. The Morgan fingerprint density at radius 1 is 0.692 bits per heavy atom. The second-order valence-electron chi connectivity index (χ2n) is 7.24. The summed E-state index contributed by atoms with van der Waals surface area (Å²) in [7, 11) is 0. The van der Waals surface area contributed by atoms with Gasteiger partial charge in [0.25, 0.3) is 0 Å². The molecule has 0 bridgehead atoms. The SMILES string of the molecule is Cc1cccc(C2=N[C@H](c3cccc(C)c3)[C@H](c3cccc(C)c3)N2)c1. The molecule has 2 heteroatoms. The van der Waals surface area contributed by atoms with Crippen LogP contribution in [0.1, 0.15) is 45.5 Å². The molecule has 4 rings (SSSR count). The monoisotopic (exact) mass is 340 g/mol. The van der Waals surface area contributed by atoms with Crippen molar-refractivity contribution < 1.29 is 0 Å². The van der Waals surface area contributed by atoms with Crippen LogP contribution in [0, 0.1) is 20.8 Å². The first kappa shape index (κ1) is 16.6. The lowest BCUT2D eigenvalue weighted by Gasteiger charge is -2.20. The third-order valence-electron chi connectivity index (χ3n) is 4.95. The van der Waals surface area contributed by atoms with Crippen molar-refractivity contribution in [2.24, 2.45) is 4.99 Å². The normalized spacial score (nSPS) is 19.1. The summed E-state index contributed by atoms with van der Waals surface area (Å²) in [6.07, 6.45) is 0. The van der Waals surface area contributed by atoms with E-state index in [1.165, 1.54) is 27.8 Å². The van der Waals surface area contributed by atoms with E-state index < -0.39 is 0 Å². The third kappa shape index (κ3) is 3.28. The highest BCUT2D eigenvalue weighted by molar-refractivity contribution is 6.00. The number of hydrogen-bond donors (Lipinski definition) is 1. The number of benzene rings is 3. The van der Waals surface area contributed by atoms with Crippen molar-refractivity contribution in [2.45, 2.75) is 32.9 Å². The fraction of sp³-hybridized carbons (Fsp3) is 0.208. The lowest BCUT2D eigenvalue weighted by atomic mass is 9.93. The van der Waals surface area contributed by atoms with Gasteiger partial charge in [-0.1, -0.05) is 83.4 Å². The van der Waals surface area contributed by atoms with Gasteiger partial charge in [0.05, 0.1) is 6.04 Å². The van der Waals surface area contributed by atoms with Gasteiger partial charge in [-0.2, -0.15) is 0 Å². The Hall–Kier alpha value is -2.87. The Bertz CT molecular complexity index is 971. The van der Waals surface area contributed by atoms with E-state index in [1.807, 2.05) is 0 Å². The zero-order valence-corrected chi connectivity index (χ0v) is 15.5. The minimum absolute atomic E-state index is 0.0761. The lowest BCUT2D eigenvalue weighted by Crippen LogP contribution is -2.25. The molecule has 0 radical (unpaired) electrons. The highest BCUT2D eigenvalue weighted by Crippen LogP contribution is 2.37. The van der Waals surface area contributed by atoms with Crippen LogP contribution >= 0.6 is 0 Å². The summed E-state index contributed by atoms with van der Waals surface area (Å²) >= 11 is 0. The first-order valence-electron chi connectivity index (χ1n) is 9.15. The molecule has 3 aromatic rings. The molecule has 0 aromatic heterocycles. The summed E-state index contributed by atoms with van der Waals surface area (Å²) in [6.45, 7) is 6.40. The standard InChI is InChI=1S/C24H24N2/c1-16-7-4-10-19(13-16)22-23(20-11-5-8-17(2)14-20)26-24(25-22)21-12-6-9-18(3)15-21/h4-15,22-23H,1-3H3,(H,25,26)/t22-,23+. The molecule has 1 heterocycles. The van der Waals surface area contributed by atoms with Crippen LogP contribution in [0.5, 0.6) is 0 Å². The van der Waals surface area contributed by atoms with Crippen molar-refractivity contribution in [3.8, 4) is 0 Å². The Morgan fingerprint density at radius 3 is 1.92 bits per heavy atom. The molecule has 2 nitrogen and oxygen atoms in total. The maximum Gasteiger partial charge on any atom is 0.129 e. The zero-order valence-electron chi connectivity index (χ0n) is 15.5.